The van der Waals surface area contributed by atoms with Gasteiger partial charge in [0, 0.05) is 25.0 Å². The highest BCUT2D eigenvalue weighted by Crippen LogP contribution is 2.28. The number of aliphatic hydroxyl groups excluding tert-OH is 1. The van der Waals surface area contributed by atoms with Crippen LogP contribution in [0.1, 0.15) is 28.9 Å². The Morgan fingerprint density at radius 3 is 2.58 bits per heavy atom. The molecule has 0 unspecified atom stereocenters. The molecule has 2 aliphatic heterocycles. The van der Waals surface area contributed by atoms with Crippen LogP contribution in [0.4, 0.5) is 16.0 Å². The monoisotopic (exact) mass is 328 g/mol. The Kier molecular flexibility index (Phi) is 3.65. The number of carbonyl (C=O) groups excluding carboxylic acids is 1. The third-order valence-corrected chi connectivity index (χ3v) is 4.52. The van der Waals surface area contributed by atoms with Gasteiger partial charge in [0.1, 0.15) is 5.82 Å². The molecule has 7 heteroatoms. The zero-order valence-electron chi connectivity index (χ0n) is 13.0. The molecule has 6 nitrogen and oxygen atoms in total. The molecule has 1 amide bonds. The Bertz CT molecular complexity index is 773. The molecule has 4 rings (SSSR count). The predicted molar refractivity (Wildman–Crippen MR) is 86.4 cm³/mol. The summed E-state index contributed by atoms with van der Waals surface area (Å²) >= 11 is 0. The van der Waals surface area contributed by atoms with Crippen LogP contribution in [0.25, 0.3) is 0 Å². The molecule has 1 saturated heterocycles. The van der Waals surface area contributed by atoms with Gasteiger partial charge in [-0.2, -0.15) is 0 Å². The number of carbonyl (C=O) groups is 1. The zero-order chi connectivity index (χ0) is 16.7. The molecule has 2 aromatic rings. The van der Waals surface area contributed by atoms with Crippen LogP contribution in [-0.2, 0) is 6.54 Å². The number of amides is 1. The van der Waals surface area contributed by atoms with E-state index in [0.717, 1.165) is 0 Å². The molecular formula is C17H17FN4O2. The normalized spacial score (nSPS) is 18.2. The second-order valence-electron chi connectivity index (χ2n) is 6.12. The number of hydrogen-bond acceptors (Lipinski definition) is 5. The van der Waals surface area contributed by atoms with Gasteiger partial charge in [-0.25, -0.2) is 14.4 Å². The molecule has 3 heterocycles. The average molecular weight is 328 g/mol. The minimum Gasteiger partial charge on any atom is -0.393 e. The summed E-state index contributed by atoms with van der Waals surface area (Å²) in [4.78, 5) is 25.0. The fourth-order valence-electron chi connectivity index (χ4n) is 3.12. The third-order valence-electron chi connectivity index (χ3n) is 4.52. The van der Waals surface area contributed by atoms with Gasteiger partial charge in [0.25, 0.3) is 5.91 Å². The summed E-state index contributed by atoms with van der Waals surface area (Å²) < 4.78 is 13.1. The first-order valence-corrected chi connectivity index (χ1v) is 7.98. The molecule has 0 radical (unpaired) electrons. The van der Waals surface area contributed by atoms with E-state index in [1.807, 2.05) is 4.90 Å². The molecule has 1 aromatic carbocycles. The first-order chi connectivity index (χ1) is 11.6. The molecule has 1 N–H and O–H groups in total. The van der Waals surface area contributed by atoms with Crippen LogP contribution in [0.15, 0.2) is 30.5 Å². The van der Waals surface area contributed by atoms with Gasteiger partial charge in [-0.15, -0.1) is 0 Å². The minimum atomic E-state index is -0.336. The summed E-state index contributed by atoms with van der Waals surface area (Å²) in [7, 11) is 0. The van der Waals surface area contributed by atoms with Crippen molar-refractivity contribution in [2.45, 2.75) is 25.5 Å². The van der Waals surface area contributed by atoms with Gasteiger partial charge in [-0.05, 0) is 37.1 Å². The van der Waals surface area contributed by atoms with E-state index in [9.17, 15) is 14.3 Å². The minimum absolute atomic E-state index is 0.169. The van der Waals surface area contributed by atoms with Gasteiger partial charge in [-0.1, -0.05) is 0 Å². The highest BCUT2D eigenvalue weighted by Gasteiger charge is 2.31. The van der Waals surface area contributed by atoms with Crippen LogP contribution >= 0.6 is 0 Å². The Hall–Kier alpha value is -2.54. The molecule has 0 aliphatic carbocycles. The number of piperidine rings is 1. The van der Waals surface area contributed by atoms with E-state index >= 15 is 0 Å². The van der Waals surface area contributed by atoms with E-state index in [1.165, 1.54) is 12.1 Å². The number of halogens is 1. The lowest BCUT2D eigenvalue weighted by atomic mass is 10.1. The van der Waals surface area contributed by atoms with Crippen LogP contribution in [0, 0.1) is 5.82 Å². The fraction of sp³-hybridized carbons (Fsp3) is 0.353. The van der Waals surface area contributed by atoms with Crippen molar-refractivity contribution in [2.75, 3.05) is 22.9 Å². The maximum Gasteiger partial charge on any atom is 0.262 e. The van der Waals surface area contributed by atoms with Crippen molar-refractivity contribution >= 4 is 17.5 Å². The van der Waals surface area contributed by atoms with Crippen LogP contribution in [-0.4, -0.2) is 40.2 Å². The van der Waals surface area contributed by atoms with Crippen molar-refractivity contribution in [2.24, 2.45) is 0 Å². The standard InChI is InChI=1S/C17H17FN4O2/c18-11-1-3-12(4-2-11)22-10-15-14(16(22)24)9-19-17(20-15)21-7-5-13(23)6-8-21/h1-4,9,13,23H,5-8,10H2. The number of nitrogens with zero attached hydrogens (tertiary/aromatic N) is 4. The summed E-state index contributed by atoms with van der Waals surface area (Å²) in [5.74, 6) is 0.0869. The van der Waals surface area contributed by atoms with Crippen LogP contribution in [0.3, 0.4) is 0 Å². The van der Waals surface area contributed by atoms with Crippen LogP contribution < -0.4 is 9.80 Å². The van der Waals surface area contributed by atoms with Gasteiger partial charge < -0.3 is 14.9 Å². The molecule has 24 heavy (non-hydrogen) atoms. The lowest BCUT2D eigenvalue weighted by Crippen LogP contribution is -2.37. The smallest absolute Gasteiger partial charge is 0.262 e. The zero-order valence-corrected chi connectivity index (χ0v) is 13.0. The van der Waals surface area contributed by atoms with Crippen molar-refractivity contribution in [3.8, 4) is 0 Å². The lowest BCUT2D eigenvalue weighted by Gasteiger charge is -2.29. The highest BCUT2D eigenvalue weighted by atomic mass is 19.1. The largest absolute Gasteiger partial charge is 0.393 e. The Balaban J connectivity index is 1.58. The summed E-state index contributed by atoms with van der Waals surface area (Å²) in [6, 6.07) is 5.84. The van der Waals surface area contributed by atoms with Crippen LogP contribution in [0.5, 0.6) is 0 Å². The first-order valence-electron chi connectivity index (χ1n) is 7.98. The summed E-state index contributed by atoms with van der Waals surface area (Å²) in [5.41, 5.74) is 1.81. The van der Waals surface area contributed by atoms with E-state index in [1.54, 1.807) is 23.2 Å². The molecule has 2 aliphatic rings. The molecule has 124 valence electrons. The molecular weight excluding hydrogens is 311 g/mol. The van der Waals surface area contributed by atoms with E-state index in [-0.39, 0.29) is 17.8 Å². The lowest BCUT2D eigenvalue weighted by molar-refractivity contribution is 0.0996. The van der Waals surface area contributed by atoms with Gasteiger partial charge in [-0.3, -0.25) is 4.79 Å². The highest BCUT2D eigenvalue weighted by molar-refractivity contribution is 6.09. The Morgan fingerprint density at radius 1 is 1.17 bits per heavy atom. The average Bonchev–Trinajstić information content (AvgIpc) is 2.92. The van der Waals surface area contributed by atoms with E-state index in [4.69, 9.17) is 0 Å². The molecule has 0 bridgehead atoms. The van der Waals surface area contributed by atoms with Crippen molar-refractivity contribution < 1.29 is 14.3 Å². The van der Waals surface area contributed by atoms with E-state index in [2.05, 4.69) is 9.97 Å². The van der Waals surface area contributed by atoms with Gasteiger partial charge in [0.2, 0.25) is 5.95 Å². The number of rotatable bonds is 2. The SMILES string of the molecule is O=C1c2cnc(N3CCC(O)CC3)nc2CN1c1ccc(F)cc1. The number of aliphatic hydroxyl groups is 1. The summed E-state index contributed by atoms with van der Waals surface area (Å²) in [5, 5.41) is 9.60. The number of aromatic nitrogens is 2. The van der Waals surface area contributed by atoms with Crippen molar-refractivity contribution in [1.29, 1.82) is 0 Å². The van der Waals surface area contributed by atoms with Gasteiger partial charge in [0.15, 0.2) is 0 Å². The maximum absolute atomic E-state index is 13.1. The van der Waals surface area contributed by atoms with E-state index < -0.39 is 0 Å². The first kappa shape index (κ1) is 15.0. The molecule has 1 aromatic heterocycles. The van der Waals surface area contributed by atoms with Crippen molar-refractivity contribution in [3.05, 3.63) is 47.5 Å². The van der Waals surface area contributed by atoms with Crippen molar-refractivity contribution in [3.63, 3.8) is 0 Å². The number of hydrogen-bond donors (Lipinski definition) is 1. The summed E-state index contributed by atoms with van der Waals surface area (Å²) in [6.45, 7) is 1.76. The van der Waals surface area contributed by atoms with Crippen molar-refractivity contribution in [1.82, 2.24) is 9.97 Å². The maximum atomic E-state index is 13.1. The number of anilines is 2. The number of fused-ring (bicyclic) bond motifs is 1. The second kappa shape index (κ2) is 5.83. The Morgan fingerprint density at radius 2 is 1.88 bits per heavy atom. The molecule has 0 atom stereocenters. The molecule has 1 fully saturated rings. The fourth-order valence-corrected chi connectivity index (χ4v) is 3.12. The molecule has 0 saturated carbocycles. The summed E-state index contributed by atoms with van der Waals surface area (Å²) in [6.07, 6.45) is 2.70. The number of benzene rings is 1. The second-order valence-corrected chi connectivity index (χ2v) is 6.12. The van der Waals surface area contributed by atoms with E-state index in [0.29, 0.717) is 55.4 Å². The van der Waals surface area contributed by atoms with Gasteiger partial charge >= 0.3 is 0 Å². The van der Waals surface area contributed by atoms with Gasteiger partial charge in [0.05, 0.1) is 23.9 Å². The third kappa shape index (κ3) is 2.60. The topological polar surface area (TPSA) is 69.6 Å². The Labute approximate surface area is 138 Å². The van der Waals surface area contributed by atoms with Crippen LogP contribution in [0.2, 0.25) is 0 Å². The quantitative estimate of drug-likeness (QED) is 0.909. The predicted octanol–water partition coefficient (Wildman–Crippen LogP) is 1.74. The molecule has 0 spiro atoms.